The van der Waals surface area contributed by atoms with Crippen molar-refractivity contribution in [2.75, 3.05) is 20.2 Å². The van der Waals surface area contributed by atoms with Crippen LogP contribution in [0.5, 0.6) is 0 Å². The zero-order chi connectivity index (χ0) is 10.8. The molecule has 0 radical (unpaired) electrons. The van der Waals surface area contributed by atoms with E-state index in [-0.39, 0.29) is 18.2 Å². The van der Waals surface area contributed by atoms with E-state index in [2.05, 4.69) is 38.0 Å². The molecular weight excluding hydrogens is 176 g/mol. The lowest BCUT2D eigenvalue weighted by Crippen LogP contribution is -2.54. The Balaban J connectivity index is 2.51. The molecular formula is C11H24N2O. The Morgan fingerprint density at radius 2 is 2.21 bits per heavy atom. The molecule has 1 heterocycles. The van der Waals surface area contributed by atoms with Crippen LogP contribution in [-0.4, -0.2) is 47.8 Å². The van der Waals surface area contributed by atoms with Gasteiger partial charge in [-0.3, -0.25) is 4.90 Å². The second-order valence-electron chi connectivity index (χ2n) is 5.15. The Labute approximate surface area is 87.5 Å². The molecule has 0 aromatic heterocycles. The van der Waals surface area contributed by atoms with Gasteiger partial charge in [0.2, 0.25) is 0 Å². The number of aliphatic hydroxyl groups excluding tert-OH is 1. The first kappa shape index (κ1) is 12.0. The number of aliphatic hydroxyl groups is 1. The minimum atomic E-state index is 0.242. The van der Waals surface area contributed by atoms with Crippen molar-refractivity contribution in [1.82, 2.24) is 10.2 Å². The monoisotopic (exact) mass is 200 g/mol. The number of piperidine rings is 1. The van der Waals surface area contributed by atoms with Crippen LogP contribution in [0.15, 0.2) is 0 Å². The molecule has 3 nitrogen and oxygen atoms in total. The fraction of sp³-hybridized carbons (Fsp3) is 1.00. The number of hydrogen-bond donors (Lipinski definition) is 2. The Hall–Kier alpha value is -0.120. The van der Waals surface area contributed by atoms with Gasteiger partial charge in [0.05, 0.1) is 6.61 Å². The molecule has 3 heteroatoms. The van der Waals surface area contributed by atoms with Crippen molar-refractivity contribution in [3.8, 4) is 0 Å². The average Bonchev–Trinajstić information content (AvgIpc) is 2.14. The maximum Gasteiger partial charge on any atom is 0.0584 e. The van der Waals surface area contributed by atoms with E-state index in [9.17, 15) is 0 Å². The molecule has 0 aliphatic carbocycles. The summed E-state index contributed by atoms with van der Waals surface area (Å²) in [5.41, 5.74) is 0.242. The zero-order valence-electron chi connectivity index (χ0n) is 9.88. The summed E-state index contributed by atoms with van der Waals surface area (Å²) < 4.78 is 0. The molecule has 2 unspecified atom stereocenters. The van der Waals surface area contributed by atoms with E-state index in [0.717, 1.165) is 13.0 Å². The van der Waals surface area contributed by atoms with Gasteiger partial charge in [-0.25, -0.2) is 0 Å². The van der Waals surface area contributed by atoms with Crippen LogP contribution in [0.4, 0.5) is 0 Å². The summed E-state index contributed by atoms with van der Waals surface area (Å²) in [5, 5.41) is 12.6. The second-order valence-corrected chi connectivity index (χ2v) is 5.15. The zero-order valence-corrected chi connectivity index (χ0v) is 9.88. The van der Waals surface area contributed by atoms with E-state index in [1.165, 1.54) is 6.42 Å². The standard InChI is InChI=1S/C11H24N2O/c1-9(8-14)13(4)10-5-6-12-11(2,3)7-10/h9-10,12,14H,5-8H2,1-4H3. The largest absolute Gasteiger partial charge is 0.395 e. The van der Waals surface area contributed by atoms with Gasteiger partial charge in [-0.15, -0.1) is 0 Å². The molecule has 0 bridgehead atoms. The number of nitrogens with one attached hydrogen (secondary N) is 1. The third kappa shape index (κ3) is 2.94. The predicted molar refractivity (Wildman–Crippen MR) is 59.4 cm³/mol. The van der Waals surface area contributed by atoms with E-state index in [1.807, 2.05) is 0 Å². The van der Waals surface area contributed by atoms with Gasteiger partial charge >= 0.3 is 0 Å². The predicted octanol–water partition coefficient (Wildman–Crippen LogP) is 0.830. The van der Waals surface area contributed by atoms with E-state index >= 15 is 0 Å². The molecule has 2 atom stereocenters. The van der Waals surface area contributed by atoms with Crippen LogP contribution in [0.2, 0.25) is 0 Å². The highest BCUT2D eigenvalue weighted by atomic mass is 16.3. The van der Waals surface area contributed by atoms with E-state index < -0.39 is 0 Å². The van der Waals surface area contributed by atoms with Gasteiger partial charge in [-0.2, -0.15) is 0 Å². The third-order valence-corrected chi connectivity index (χ3v) is 3.36. The number of nitrogens with zero attached hydrogens (tertiary/aromatic N) is 1. The van der Waals surface area contributed by atoms with Crippen LogP contribution in [0, 0.1) is 0 Å². The van der Waals surface area contributed by atoms with Gasteiger partial charge < -0.3 is 10.4 Å². The Kier molecular flexibility index (Phi) is 3.93. The maximum atomic E-state index is 9.11. The van der Waals surface area contributed by atoms with Crippen LogP contribution in [0.3, 0.4) is 0 Å². The molecule has 0 spiro atoms. The molecule has 0 amide bonds. The second kappa shape index (κ2) is 4.60. The van der Waals surface area contributed by atoms with Gasteiger partial charge in [-0.05, 0) is 47.2 Å². The number of hydrogen-bond acceptors (Lipinski definition) is 3. The number of rotatable bonds is 3. The topological polar surface area (TPSA) is 35.5 Å². The molecule has 1 fully saturated rings. The minimum absolute atomic E-state index is 0.242. The van der Waals surface area contributed by atoms with Crippen molar-refractivity contribution in [2.45, 2.75) is 51.2 Å². The lowest BCUT2D eigenvalue weighted by Gasteiger charge is -2.42. The van der Waals surface area contributed by atoms with E-state index in [4.69, 9.17) is 5.11 Å². The van der Waals surface area contributed by atoms with Crippen molar-refractivity contribution in [3.63, 3.8) is 0 Å². The summed E-state index contributed by atoms with van der Waals surface area (Å²) in [5.74, 6) is 0. The summed E-state index contributed by atoms with van der Waals surface area (Å²) in [7, 11) is 2.12. The summed E-state index contributed by atoms with van der Waals surface area (Å²) in [6.07, 6.45) is 2.35. The van der Waals surface area contributed by atoms with Crippen LogP contribution in [0.1, 0.15) is 33.6 Å². The highest BCUT2D eigenvalue weighted by Crippen LogP contribution is 2.22. The van der Waals surface area contributed by atoms with E-state index in [1.54, 1.807) is 0 Å². The summed E-state index contributed by atoms with van der Waals surface area (Å²) in [6.45, 7) is 7.91. The van der Waals surface area contributed by atoms with Crippen molar-refractivity contribution >= 4 is 0 Å². The molecule has 1 saturated heterocycles. The van der Waals surface area contributed by atoms with Gasteiger partial charge in [0, 0.05) is 17.6 Å². The average molecular weight is 200 g/mol. The summed E-state index contributed by atoms with van der Waals surface area (Å²) >= 11 is 0. The van der Waals surface area contributed by atoms with Crippen molar-refractivity contribution in [2.24, 2.45) is 0 Å². The Bertz CT molecular complexity index is 182. The quantitative estimate of drug-likeness (QED) is 0.708. The lowest BCUT2D eigenvalue weighted by atomic mass is 9.88. The molecule has 1 aliphatic rings. The molecule has 84 valence electrons. The van der Waals surface area contributed by atoms with Crippen molar-refractivity contribution in [3.05, 3.63) is 0 Å². The van der Waals surface area contributed by atoms with Crippen LogP contribution >= 0.6 is 0 Å². The highest BCUT2D eigenvalue weighted by molar-refractivity contribution is 4.90. The lowest BCUT2D eigenvalue weighted by molar-refractivity contribution is 0.0792. The third-order valence-electron chi connectivity index (χ3n) is 3.36. The first-order chi connectivity index (χ1) is 6.46. The first-order valence-corrected chi connectivity index (χ1v) is 5.54. The van der Waals surface area contributed by atoms with Crippen molar-refractivity contribution in [1.29, 1.82) is 0 Å². The van der Waals surface area contributed by atoms with Crippen LogP contribution in [0.25, 0.3) is 0 Å². The molecule has 14 heavy (non-hydrogen) atoms. The van der Waals surface area contributed by atoms with Crippen molar-refractivity contribution < 1.29 is 5.11 Å². The molecule has 0 aromatic carbocycles. The minimum Gasteiger partial charge on any atom is -0.395 e. The highest BCUT2D eigenvalue weighted by Gasteiger charge is 2.30. The first-order valence-electron chi connectivity index (χ1n) is 5.54. The van der Waals surface area contributed by atoms with Crippen LogP contribution < -0.4 is 5.32 Å². The molecule has 1 aliphatic heterocycles. The smallest absolute Gasteiger partial charge is 0.0584 e. The fourth-order valence-electron chi connectivity index (χ4n) is 2.18. The van der Waals surface area contributed by atoms with Gasteiger partial charge in [-0.1, -0.05) is 0 Å². The van der Waals surface area contributed by atoms with Gasteiger partial charge in [0.15, 0.2) is 0 Å². The number of likely N-dealkylation sites (N-methyl/N-ethyl adjacent to an activating group) is 1. The van der Waals surface area contributed by atoms with Gasteiger partial charge in [0.1, 0.15) is 0 Å². The van der Waals surface area contributed by atoms with Gasteiger partial charge in [0.25, 0.3) is 0 Å². The maximum absolute atomic E-state index is 9.11. The van der Waals surface area contributed by atoms with E-state index in [0.29, 0.717) is 6.04 Å². The Morgan fingerprint density at radius 1 is 1.57 bits per heavy atom. The summed E-state index contributed by atoms with van der Waals surface area (Å²) in [6, 6.07) is 0.877. The van der Waals surface area contributed by atoms with Crippen LogP contribution in [-0.2, 0) is 0 Å². The fourth-order valence-corrected chi connectivity index (χ4v) is 2.18. The molecule has 0 saturated carbocycles. The Morgan fingerprint density at radius 3 is 2.71 bits per heavy atom. The molecule has 0 aromatic rings. The summed E-state index contributed by atoms with van der Waals surface area (Å²) in [4.78, 5) is 2.31. The molecule has 2 N–H and O–H groups in total. The SMILES string of the molecule is CC(CO)N(C)C1CCNC(C)(C)C1. The normalized spacial score (nSPS) is 29.1. The molecule has 1 rings (SSSR count).